The molecule has 32 heavy (non-hydrogen) atoms. The fraction of sp³-hybridized carbons (Fsp3) is 0.333. The van der Waals surface area contributed by atoms with Crippen molar-refractivity contribution in [3.8, 4) is 11.5 Å². The van der Waals surface area contributed by atoms with Crippen LogP contribution in [-0.4, -0.2) is 24.8 Å². The summed E-state index contributed by atoms with van der Waals surface area (Å²) < 4.78 is 24.2. The van der Waals surface area contributed by atoms with E-state index in [4.69, 9.17) is 9.47 Å². The molecule has 0 atom stereocenters. The van der Waals surface area contributed by atoms with Crippen molar-refractivity contribution in [2.75, 3.05) is 13.2 Å². The van der Waals surface area contributed by atoms with E-state index in [1.165, 1.54) is 25.5 Å². The molecule has 0 aliphatic heterocycles. The van der Waals surface area contributed by atoms with Crippen LogP contribution in [0.25, 0.3) is 10.8 Å². The Balaban J connectivity index is 0.000000305. The van der Waals surface area contributed by atoms with Crippen molar-refractivity contribution < 1.29 is 23.5 Å². The normalized spacial score (nSPS) is 14.0. The van der Waals surface area contributed by atoms with E-state index in [1.807, 2.05) is 30.3 Å². The molecule has 0 aromatic heterocycles. The van der Waals surface area contributed by atoms with Gasteiger partial charge in [-0.2, -0.15) is 0 Å². The zero-order chi connectivity index (χ0) is 23.1. The number of halogens is 1. The monoisotopic (exact) mass is 436 g/mol. The van der Waals surface area contributed by atoms with Gasteiger partial charge in [-0.3, -0.25) is 9.59 Å². The van der Waals surface area contributed by atoms with E-state index in [0.29, 0.717) is 29.5 Å². The number of benzene rings is 3. The summed E-state index contributed by atoms with van der Waals surface area (Å²) >= 11 is 0. The summed E-state index contributed by atoms with van der Waals surface area (Å²) in [5.41, 5.74) is 0.635. The number of ether oxygens (including phenoxy) is 2. The molecule has 1 fully saturated rings. The van der Waals surface area contributed by atoms with Gasteiger partial charge in [-0.05, 0) is 62.4 Å². The molecule has 0 unspecified atom stereocenters. The average molecular weight is 437 g/mol. The Hall–Kier alpha value is -3.21. The SMILES string of the molecule is CC(=O)C1(C)CCC1.CC(=O)c1ccc2ccccc2c1OCCOc1ccc(F)cc1. The first-order valence-electron chi connectivity index (χ1n) is 10.8. The number of hydrogen-bond donors (Lipinski definition) is 0. The quantitative estimate of drug-likeness (QED) is 0.317. The van der Waals surface area contributed by atoms with Gasteiger partial charge in [0.15, 0.2) is 5.78 Å². The molecule has 0 radical (unpaired) electrons. The molecule has 0 amide bonds. The average Bonchev–Trinajstić information content (AvgIpc) is 2.76. The topological polar surface area (TPSA) is 52.6 Å². The van der Waals surface area contributed by atoms with E-state index in [1.54, 1.807) is 25.1 Å². The van der Waals surface area contributed by atoms with Gasteiger partial charge in [0.05, 0.1) is 5.56 Å². The molecule has 1 aliphatic rings. The van der Waals surface area contributed by atoms with Gasteiger partial charge in [-0.15, -0.1) is 0 Å². The zero-order valence-corrected chi connectivity index (χ0v) is 18.8. The Morgan fingerprint density at radius 3 is 2.12 bits per heavy atom. The van der Waals surface area contributed by atoms with Crippen molar-refractivity contribution >= 4 is 22.3 Å². The number of rotatable bonds is 7. The molecule has 4 nitrogen and oxygen atoms in total. The van der Waals surface area contributed by atoms with E-state index in [9.17, 15) is 14.0 Å². The highest BCUT2D eigenvalue weighted by atomic mass is 19.1. The standard InChI is InChI=1S/C20H17FO3.C7H12O/c1-14(22)18-11-6-15-4-2-3-5-19(15)20(18)24-13-12-23-17-9-7-16(21)8-10-17;1-6(8)7(2)4-3-5-7/h2-11H,12-13H2,1H3;3-5H2,1-2H3. The van der Waals surface area contributed by atoms with E-state index >= 15 is 0 Å². The molecule has 0 N–H and O–H groups in total. The summed E-state index contributed by atoms with van der Waals surface area (Å²) in [4.78, 5) is 22.6. The van der Waals surface area contributed by atoms with Crippen LogP contribution in [0.2, 0.25) is 0 Å². The van der Waals surface area contributed by atoms with Crippen LogP contribution in [-0.2, 0) is 4.79 Å². The van der Waals surface area contributed by atoms with Crippen molar-refractivity contribution in [2.45, 2.75) is 40.0 Å². The van der Waals surface area contributed by atoms with Crippen molar-refractivity contribution in [1.29, 1.82) is 0 Å². The molecule has 0 saturated heterocycles. The molecule has 0 heterocycles. The Kier molecular flexibility index (Phi) is 7.62. The van der Waals surface area contributed by atoms with Gasteiger partial charge in [0.25, 0.3) is 0 Å². The zero-order valence-electron chi connectivity index (χ0n) is 18.8. The first-order chi connectivity index (χ1) is 15.3. The molecule has 4 rings (SSSR count). The van der Waals surface area contributed by atoms with Crippen LogP contribution >= 0.6 is 0 Å². The second kappa shape index (κ2) is 10.4. The fourth-order valence-corrected chi connectivity index (χ4v) is 3.57. The third-order valence-electron chi connectivity index (χ3n) is 5.98. The van der Waals surface area contributed by atoms with Crippen LogP contribution in [0.3, 0.4) is 0 Å². The van der Waals surface area contributed by atoms with Gasteiger partial charge in [0.1, 0.15) is 36.3 Å². The lowest BCUT2D eigenvalue weighted by Gasteiger charge is -2.35. The first kappa shape index (κ1) is 23.5. The van der Waals surface area contributed by atoms with Crippen LogP contribution in [0.5, 0.6) is 11.5 Å². The van der Waals surface area contributed by atoms with E-state index in [2.05, 4.69) is 6.92 Å². The molecular weight excluding hydrogens is 407 g/mol. The van der Waals surface area contributed by atoms with Gasteiger partial charge < -0.3 is 9.47 Å². The Morgan fingerprint density at radius 2 is 1.56 bits per heavy atom. The molecule has 0 spiro atoms. The van der Waals surface area contributed by atoms with Crippen LogP contribution in [0, 0.1) is 11.2 Å². The smallest absolute Gasteiger partial charge is 0.163 e. The predicted octanol–water partition coefficient (Wildman–Crippen LogP) is 6.40. The lowest BCUT2D eigenvalue weighted by atomic mass is 9.68. The maximum absolute atomic E-state index is 12.9. The van der Waals surface area contributed by atoms with Crippen LogP contribution in [0.4, 0.5) is 4.39 Å². The van der Waals surface area contributed by atoms with E-state index in [0.717, 1.165) is 23.6 Å². The van der Waals surface area contributed by atoms with Gasteiger partial charge >= 0.3 is 0 Å². The van der Waals surface area contributed by atoms with E-state index < -0.39 is 0 Å². The van der Waals surface area contributed by atoms with Crippen LogP contribution in [0.15, 0.2) is 60.7 Å². The lowest BCUT2D eigenvalue weighted by Crippen LogP contribution is -2.32. The fourth-order valence-electron chi connectivity index (χ4n) is 3.57. The minimum Gasteiger partial charge on any atom is -0.490 e. The molecule has 1 aliphatic carbocycles. The second-order valence-corrected chi connectivity index (χ2v) is 8.34. The van der Waals surface area contributed by atoms with Crippen LogP contribution < -0.4 is 9.47 Å². The summed E-state index contributed by atoms with van der Waals surface area (Å²) in [6, 6.07) is 17.3. The summed E-state index contributed by atoms with van der Waals surface area (Å²) in [6.07, 6.45) is 3.47. The molecule has 3 aromatic rings. The molecule has 168 valence electrons. The van der Waals surface area contributed by atoms with Gasteiger partial charge in [0, 0.05) is 10.8 Å². The third-order valence-corrected chi connectivity index (χ3v) is 5.98. The number of fused-ring (bicyclic) bond motifs is 1. The molecule has 1 saturated carbocycles. The maximum atomic E-state index is 12.9. The predicted molar refractivity (Wildman–Crippen MR) is 124 cm³/mol. The molecule has 0 bridgehead atoms. The van der Waals surface area contributed by atoms with E-state index in [-0.39, 0.29) is 23.6 Å². The highest BCUT2D eigenvalue weighted by molar-refractivity contribution is 6.03. The third kappa shape index (κ3) is 5.72. The number of ketones is 2. The Labute approximate surface area is 188 Å². The summed E-state index contributed by atoms with van der Waals surface area (Å²) in [6.45, 7) is 5.85. The number of hydrogen-bond acceptors (Lipinski definition) is 4. The summed E-state index contributed by atoms with van der Waals surface area (Å²) in [7, 11) is 0. The second-order valence-electron chi connectivity index (χ2n) is 8.34. The number of carbonyl (C=O) groups is 2. The lowest BCUT2D eigenvalue weighted by molar-refractivity contribution is -0.129. The maximum Gasteiger partial charge on any atom is 0.163 e. The number of carbonyl (C=O) groups excluding carboxylic acids is 2. The highest BCUT2D eigenvalue weighted by Gasteiger charge is 2.35. The van der Waals surface area contributed by atoms with Crippen molar-refractivity contribution in [1.82, 2.24) is 0 Å². The Morgan fingerprint density at radius 1 is 0.906 bits per heavy atom. The minimum absolute atomic E-state index is 0.0461. The minimum atomic E-state index is -0.305. The van der Waals surface area contributed by atoms with Crippen molar-refractivity contribution in [2.24, 2.45) is 5.41 Å². The van der Waals surface area contributed by atoms with Crippen molar-refractivity contribution in [3.63, 3.8) is 0 Å². The summed E-state index contributed by atoms with van der Waals surface area (Å²) in [5.74, 6) is 1.16. The first-order valence-corrected chi connectivity index (χ1v) is 10.8. The molecule has 3 aromatic carbocycles. The van der Waals surface area contributed by atoms with Gasteiger partial charge in [-0.1, -0.05) is 43.7 Å². The van der Waals surface area contributed by atoms with Gasteiger partial charge in [0.2, 0.25) is 0 Å². The van der Waals surface area contributed by atoms with Gasteiger partial charge in [-0.25, -0.2) is 4.39 Å². The Bertz CT molecular complexity index is 1080. The number of Topliss-reactive ketones (excluding diaryl/α,β-unsaturated/α-hetero) is 2. The van der Waals surface area contributed by atoms with Crippen molar-refractivity contribution in [3.05, 3.63) is 72.0 Å². The largest absolute Gasteiger partial charge is 0.490 e. The molecular formula is C27H29FO4. The van der Waals surface area contributed by atoms with Crippen LogP contribution in [0.1, 0.15) is 50.4 Å². The highest BCUT2D eigenvalue weighted by Crippen LogP contribution is 2.40. The summed E-state index contributed by atoms with van der Waals surface area (Å²) in [5, 5.41) is 1.91. The molecule has 5 heteroatoms.